The van der Waals surface area contributed by atoms with E-state index in [1.54, 1.807) is 6.07 Å². The summed E-state index contributed by atoms with van der Waals surface area (Å²) in [6.45, 7) is 4.31. The Balaban J connectivity index is 1.32. The molecule has 8 heteroatoms. The van der Waals surface area contributed by atoms with Crippen LogP contribution in [-0.4, -0.2) is 30.3 Å². The quantitative estimate of drug-likeness (QED) is 0.168. The van der Waals surface area contributed by atoms with Crippen LogP contribution in [0, 0.1) is 0 Å². The molecule has 6 rings (SSSR count). The second kappa shape index (κ2) is 14.1. The molecular formula is C37H36O8. The first-order valence-electron chi connectivity index (χ1n) is 15.1. The molecule has 4 aromatic rings. The number of fused-ring (bicyclic) bond motifs is 1. The van der Waals surface area contributed by atoms with Crippen LogP contribution in [0.2, 0.25) is 0 Å². The third-order valence-electron chi connectivity index (χ3n) is 7.99. The first-order valence-corrected chi connectivity index (χ1v) is 15.1. The molecule has 2 heterocycles. The van der Waals surface area contributed by atoms with Crippen LogP contribution in [0.5, 0.6) is 5.75 Å². The molecule has 8 nitrogen and oxygen atoms in total. The van der Waals surface area contributed by atoms with E-state index in [0.29, 0.717) is 36.5 Å². The van der Waals surface area contributed by atoms with Crippen molar-refractivity contribution in [1.82, 2.24) is 0 Å². The summed E-state index contributed by atoms with van der Waals surface area (Å²) >= 11 is 0. The van der Waals surface area contributed by atoms with E-state index in [1.165, 1.54) is 6.92 Å². The highest BCUT2D eigenvalue weighted by molar-refractivity contribution is 5.95. The molecule has 0 spiro atoms. The standard InChI is InChI=1S/C37H36O8/c1-24-34(41-22-27-14-8-4-9-15-27)32(40-21-26-12-6-3-7-13-26)20-31(43-24)29-18-19-30-33(37(44-25(2)38)45-36(30)39)35(29)42-23-28-16-10-5-11-17-28/h3-19,24,31-32,34,37H,20-23H2,1-2H3/t24-,31?,32-,34-,37?/m0/s1. The highest BCUT2D eigenvalue weighted by atomic mass is 16.7. The number of esters is 2. The summed E-state index contributed by atoms with van der Waals surface area (Å²) in [5, 5.41) is 0. The number of benzene rings is 4. The summed E-state index contributed by atoms with van der Waals surface area (Å²) in [5.74, 6) is -0.754. The molecule has 0 bridgehead atoms. The lowest BCUT2D eigenvalue weighted by atomic mass is 9.91. The lowest BCUT2D eigenvalue weighted by molar-refractivity contribution is -0.204. The van der Waals surface area contributed by atoms with Gasteiger partial charge in [0.15, 0.2) is 0 Å². The molecule has 0 aromatic heterocycles. The zero-order valence-corrected chi connectivity index (χ0v) is 25.3. The number of rotatable bonds is 11. The molecular weight excluding hydrogens is 572 g/mol. The van der Waals surface area contributed by atoms with Crippen molar-refractivity contribution in [3.63, 3.8) is 0 Å². The van der Waals surface area contributed by atoms with Crippen LogP contribution in [-0.2, 0) is 48.3 Å². The van der Waals surface area contributed by atoms with E-state index in [0.717, 1.165) is 16.7 Å². The van der Waals surface area contributed by atoms with E-state index in [-0.39, 0.29) is 30.5 Å². The van der Waals surface area contributed by atoms with Crippen LogP contribution < -0.4 is 4.74 Å². The van der Waals surface area contributed by atoms with E-state index in [1.807, 2.05) is 104 Å². The summed E-state index contributed by atoms with van der Waals surface area (Å²) in [6.07, 6.45) is -2.23. The van der Waals surface area contributed by atoms with E-state index in [2.05, 4.69) is 0 Å². The molecule has 45 heavy (non-hydrogen) atoms. The summed E-state index contributed by atoms with van der Waals surface area (Å²) in [4.78, 5) is 24.7. The molecule has 232 valence electrons. The van der Waals surface area contributed by atoms with Crippen LogP contribution in [0.25, 0.3) is 0 Å². The maximum absolute atomic E-state index is 12.8. The monoisotopic (exact) mass is 608 g/mol. The van der Waals surface area contributed by atoms with Gasteiger partial charge in [0, 0.05) is 18.9 Å². The number of hydrogen-bond acceptors (Lipinski definition) is 8. The third kappa shape index (κ3) is 7.26. The van der Waals surface area contributed by atoms with Gasteiger partial charge in [-0.05, 0) is 29.7 Å². The van der Waals surface area contributed by atoms with Crippen molar-refractivity contribution in [3.8, 4) is 5.75 Å². The van der Waals surface area contributed by atoms with Crippen molar-refractivity contribution < 1.29 is 38.0 Å². The van der Waals surface area contributed by atoms with Gasteiger partial charge < -0.3 is 28.4 Å². The Morgan fingerprint density at radius 2 is 1.36 bits per heavy atom. The normalized spacial score (nSPS) is 22.4. The fourth-order valence-corrected chi connectivity index (χ4v) is 5.82. The number of carbonyl (C=O) groups excluding carboxylic acids is 2. The summed E-state index contributed by atoms with van der Waals surface area (Å²) in [5.41, 5.74) is 4.43. The van der Waals surface area contributed by atoms with Gasteiger partial charge in [-0.15, -0.1) is 0 Å². The minimum atomic E-state index is -1.22. The average molecular weight is 609 g/mol. The lowest BCUT2D eigenvalue weighted by Crippen LogP contribution is -2.47. The van der Waals surface area contributed by atoms with Crippen molar-refractivity contribution in [2.75, 3.05) is 0 Å². The largest absolute Gasteiger partial charge is 0.488 e. The van der Waals surface area contributed by atoms with Gasteiger partial charge in [0.1, 0.15) is 18.5 Å². The van der Waals surface area contributed by atoms with Gasteiger partial charge in [0.2, 0.25) is 0 Å². The minimum absolute atomic E-state index is 0.226. The molecule has 2 aliphatic heterocycles. The Morgan fingerprint density at radius 1 is 0.778 bits per heavy atom. The molecule has 0 saturated carbocycles. The van der Waals surface area contributed by atoms with E-state index in [9.17, 15) is 9.59 Å². The summed E-state index contributed by atoms with van der Waals surface area (Å²) in [6, 6.07) is 33.2. The predicted molar refractivity (Wildman–Crippen MR) is 165 cm³/mol. The van der Waals surface area contributed by atoms with Gasteiger partial charge in [0.25, 0.3) is 6.29 Å². The van der Waals surface area contributed by atoms with Crippen LogP contribution in [0.4, 0.5) is 0 Å². The van der Waals surface area contributed by atoms with Gasteiger partial charge in [-0.25, -0.2) is 4.79 Å². The van der Waals surface area contributed by atoms with E-state index >= 15 is 0 Å². The average Bonchev–Trinajstić information content (AvgIpc) is 3.37. The Bertz CT molecular complexity index is 1590. The molecule has 4 aromatic carbocycles. The fraction of sp³-hybridized carbons (Fsp3) is 0.297. The number of hydrogen-bond donors (Lipinski definition) is 0. The van der Waals surface area contributed by atoms with Crippen molar-refractivity contribution in [1.29, 1.82) is 0 Å². The molecule has 0 amide bonds. The minimum Gasteiger partial charge on any atom is -0.488 e. The van der Waals surface area contributed by atoms with Gasteiger partial charge in [0.05, 0.1) is 42.7 Å². The van der Waals surface area contributed by atoms with E-state index < -0.39 is 24.3 Å². The maximum Gasteiger partial charge on any atom is 0.342 e. The first kappa shape index (κ1) is 30.5. The molecule has 2 unspecified atom stereocenters. The zero-order chi connectivity index (χ0) is 31.2. The Kier molecular flexibility index (Phi) is 9.55. The molecule has 0 aliphatic carbocycles. The van der Waals surface area contributed by atoms with Crippen molar-refractivity contribution in [3.05, 3.63) is 137 Å². The summed E-state index contributed by atoms with van der Waals surface area (Å²) in [7, 11) is 0. The van der Waals surface area contributed by atoms with Crippen molar-refractivity contribution in [2.45, 2.75) is 70.8 Å². The van der Waals surface area contributed by atoms with Crippen LogP contribution >= 0.6 is 0 Å². The first-order chi connectivity index (χ1) is 22.0. The van der Waals surface area contributed by atoms with Crippen molar-refractivity contribution >= 4 is 11.9 Å². The summed E-state index contributed by atoms with van der Waals surface area (Å²) < 4.78 is 36.9. The number of ether oxygens (including phenoxy) is 6. The zero-order valence-electron chi connectivity index (χ0n) is 25.3. The van der Waals surface area contributed by atoms with Gasteiger partial charge in [-0.3, -0.25) is 4.79 Å². The maximum atomic E-state index is 12.8. The smallest absolute Gasteiger partial charge is 0.342 e. The van der Waals surface area contributed by atoms with Crippen LogP contribution in [0.3, 0.4) is 0 Å². The fourth-order valence-electron chi connectivity index (χ4n) is 5.82. The Hall–Kier alpha value is -4.50. The molecule has 1 saturated heterocycles. The lowest BCUT2D eigenvalue weighted by Gasteiger charge is -2.41. The highest BCUT2D eigenvalue weighted by Crippen LogP contribution is 2.46. The van der Waals surface area contributed by atoms with E-state index in [4.69, 9.17) is 28.4 Å². The van der Waals surface area contributed by atoms with Crippen LogP contribution in [0.15, 0.2) is 103 Å². The molecule has 2 aliphatic rings. The topological polar surface area (TPSA) is 89.5 Å². The van der Waals surface area contributed by atoms with Crippen molar-refractivity contribution in [2.24, 2.45) is 0 Å². The second-order valence-corrected chi connectivity index (χ2v) is 11.2. The Labute approximate surface area is 262 Å². The van der Waals surface area contributed by atoms with Gasteiger partial charge in [-0.1, -0.05) is 97.1 Å². The van der Waals surface area contributed by atoms with Crippen LogP contribution in [0.1, 0.15) is 70.8 Å². The Morgan fingerprint density at radius 3 is 1.96 bits per heavy atom. The van der Waals surface area contributed by atoms with Gasteiger partial charge in [-0.2, -0.15) is 0 Å². The SMILES string of the molecule is CC(=O)OC1OC(=O)c2ccc(C3C[C@H](OCc4ccccc4)[C@@H](OCc4ccccc4)[C@H](C)O3)c(OCc3ccccc3)c21. The third-order valence-corrected chi connectivity index (χ3v) is 7.99. The number of cyclic esters (lactones) is 1. The molecule has 0 radical (unpaired) electrons. The second-order valence-electron chi connectivity index (χ2n) is 11.2. The molecule has 0 N–H and O–H groups in total. The van der Waals surface area contributed by atoms with Gasteiger partial charge >= 0.3 is 11.9 Å². The predicted octanol–water partition coefficient (Wildman–Crippen LogP) is 7.02. The molecule has 5 atom stereocenters. The highest BCUT2D eigenvalue weighted by Gasteiger charge is 2.43. The number of carbonyl (C=O) groups is 2. The molecule has 1 fully saturated rings.